The van der Waals surface area contributed by atoms with Gasteiger partial charge < -0.3 is 5.11 Å². The summed E-state index contributed by atoms with van der Waals surface area (Å²) in [5.41, 5.74) is 0.839. The van der Waals surface area contributed by atoms with Crippen LogP contribution in [-0.2, 0) is 4.79 Å². The van der Waals surface area contributed by atoms with E-state index in [1.54, 1.807) is 6.92 Å². The minimum Gasteiger partial charge on any atom is -0.481 e. The molecule has 0 aliphatic rings. The Morgan fingerprint density at radius 2 is 1.94 bits per heavy atom. The van der Waals surface area contributed by atoms with Gasteiger partial charge in [-0.2, -0.15) is 0 Å². The van der Waals surface area contributed by atoms with E-state index in [-0.39, 0.29) is 0 Å². The Kier molecular flexibility index (Phi) is 2.97. The molecular weight excluding hydrogens is 268 g/mol. The van der Waals surface area contributed by atoms with Crippen LogP contribution in [-0.4, -0.2) is 11.1 Å². The number of fused-ring (bicyclic) bond motifs is 1. The van der Waals surface area contributed by atoms with Crippen LogP contribution in [0, 0.1) is 0 Å². The van der Waals surface area contributed by atoms with Gasteiger partial charge in [-0.05, 0) is 29.3 Å². The predicted octanol–water partition coefficient (Wildman–Crippen LogP) is 3.79. The Balaban J connectivity index is 2.75. The molecule has 0 saturated carbocycles. The van der Waals surface area contributed by atoms with Crippen molar-refractivity contribution in [1.29, 1.82) is 0 Å². The van der Waals surface area contributed by atoms with Crippen molar-refractivity contribution >= 4 is 32.7 Å². The molecule has 16 heavy (non-hydrogen) atoms. The largest absolute Gasteiger partial charge is 0.481 e. The third-order valence-corrected chi connectivity index (χ3v) is 3.41. The Labute approximate surface area is 102 Å². The van der Waals surface area contributed by atoms with Crippen molar-refractivity contribution < 1.29 is 9.90 Å². The summed E-state index contributed by atoms with van der Waals surface area (Å²) in [5, 5.41) is 11.2. The average Bonchev–Trinajstić information content (AvgIpc) is 2.28. The summed E-state index contributed by atoms with van der Waals surface area (Å²) in [6.07, 6.45) is 0. The van der Waals surface area contributed by atoms with Gasteiger partial charge in [0.15, 0.2) is 0 Å². The van der Waals surface area contributed by atoms with Crippen LogP contribution in [0.4, 0.5) is 0 Å². The molecule has 1 atom stereocenters. The number of carboxylic acids is 1. The highest BCUT2D eigenvalue weighted by Crippen LogP contribution is 2.32. The lowest BCUT2D eigenvalue weighted by molar-refractivity contribution is -0.138. The molecular formula is C13H11BrO2. The Bertz CT molecular complexity index is 549. The fourth-order valence-corrected chi connectivity index (χ4v) is 2.52. The molecule has 2 rings (SSSR count). The molecule has 0 fully saturated rings. The zero-order valence-corrected chi connectivity index (χ0v) is 10.4. The van der Waals surface area contributed by atoms with Gasteiger partial charge in [0.05, 0.1) is 5.92 Å². The number of carbonyl (C=O) groups is 1. The maximum absolute atomic E-state index is 11.1. The minimum absolute atomic E-state index is 0.513. The first-order valence-corrected chi connectivity index (χ1v) is 5.80. The molecule has 0 aliphatic carbocycles. The Morgan fingerprint density at radius 3 is 2.62 bits per heavy atom. The standard InChI is InChI=1S/C13H11BrO2/c1-8(13(15)16)12-10-5-3-2-4-9(10)6-7-11(12)14/h2-8H,1H3,(H,15,16). The second-order valence-corrected chi connectivity index (χ2v) is 4.60. The molecule has 1 unspecified atom stereocenters. The molecule has 0 heterocycles. The van der Waals surface area contributed by atoms with E-state index in [4.69, 9.17) is 5.11 Å². The van der Waals surface area contributed by atoms with Gasteiger partial charge in [0, 0.05) is 4.47 Å². The summed E-state index contributed by atoms with van der Waals surface area (Å²) in [6.45, 7) is 1.70. The van der Waals surface area contributed by atoms with Gasteiger partial charge in [-0.3, -0.25) is 4.79 Å². The molecule has 0 amide bonds. The van der Waals surface area contributed by atoms with E-state index in [0.29, 0.717) is 0 Å². The van der Waals surface area contributed by atoms with Crippen LogP contribution in [0.2, 0.25) is 0 Å². The van der Waals surface area contributed by atoms with Crippen molar-refractivity contribution in [3.63, 3.8) is 0 Å². The van der Waals surface area contributed by atoms with Crippen LogP contribution in [0.1, 0.15) is 18.4 Å². The minimum atomic E-state index is -0.808. The van der Waals surface area contributed by atoms with Crippen LogP contribution < -0.4 is 0 Å². The summed E-state index contributed by atoms with van der Waals surface area (Å²) in [6, 6.07) is 11.7. The summed E-state index contributed by atoms with van der Waals surface area (Å²) < 4.78 is 0.848. The van der Waals surface area contributed by atoms with Crippen molar-refractivity contribution in [1.82, 2.24) is 0 Å². The molecule has 2 aromatic rings. The van der Waals surface area contributed by atoms with E-state index in [1.165, 1.54) is 0 Å². The molecule has 0 bridgehead atoms. The first-order chi connectivity index (χ1) is 7.61. The van der Waals surface area contributed by atoms with Crippen molar-refractivity contribution in [2.45, 2.75) is 12.8 Å². The van der Waals surface area contributed by atoms with E-state index in [2.05, 4.69) is 15.9 Å². The van der Waals surface area contributed by atoms with Crippen molar-refractivity contribution in [3.05, 3.63) is 46.4 Å². The van der Waals surface area contributed by atoms with Gasteiger partial charge in [-0.1, -0.05) is 46.3 Å². The Hall–Kier alpha value is -1.35. The number of hydrogen-bond donors (Lipinski definition) is 1. The van der Waals surface area contributed by atoms with Crippen molar-refractivity contribution in [2.75, 3.05) is 0 Å². The molecule has 0 saturated heterocycles. The SMILES string of the molecule is CC(C(=O)O)c1c(Br)ccc2ccccc12. The fourth-order valence-electron chi connectivity index (χ4n) is 1.83. The van der Waals surface area contributed by atoms with Crippen LogP contribution in [0.15, 0.2) is 40.9 Å². The highest BCUT2D eigenvalue weighted by atomic mass is 79.9. The second-order valence-electron chi connectivity index (χ2n) is 3.74. The molecule has 0 aliphatic heterocycles. The molecule has 0 spiro atoms. The first kappa shape index (κ1) is 11.1. The quantitative estimate of drug-likeness (QED) is 0.908. The van der Waals surface area contributed by atoms with E-state index in [1.807, 2.05) is 36.4 Å². The number of carboxylic acid groups (broad SMARTS) is 1. The first-order valence-electron chi connectivity index (χ1n) is 5.01. The molecule has 0 radical (unpaired) electrons. The Morgan fingerprint density at radius 1 is 1.25 bits per heavy atom. The van der Waals surface area contributed by atoms with Crippen LogP contribution in [0.5, 0.6) is 0 Å². The van der Waals surface area contributed by atoms with Crippen LogP contribution >= 0.6 is 15.9 Å². The van der Waals surface area contributed by atoms with Gasteiger partial charge in [0.1, 0.15) is 0 Å². The summed E-state index contributed by atoms with van der Waals surface area (Å²) in [5.74, 6) is -1.32. The summed E-state index contributed by atoms with van der Waals surface area (Å²) in [7, 11) is 0. The third kappa shape index (κ3) is 1.83. The lowest BCUT2D eigenvalue weighted by atomic mass is 9.95. The van der Waals surface area contributed by atoms with Gasteiger partial charge in [0.2, 0.25) is 0 Å². The smallest absolute Gasteiger partial charge is 0.310 e. The van der Waals surface area contributed by atoms with Gasteiger partial charge in [-0.25, -0.2) is 0 Å². The van der Waals surface area contributed by atoms with E-state index in [0.717, 1.165) is 20.8 Å². The number of hydrogen-bond acceptors (Lipinski definition) is 1. The topological polar surface area (TPSA) is 37.3 Å². The number of aliphatic carboxylic acids is 1. The van der Waals surface area contributed by atoms with Crippen molar-refractivity contribution in [3.8, 4) is 0 Å². The van der Waals surface area contributed by atoms with Crippen LogP contribution in [0.25, 0.3) is 10.8 Å². The second kappa shape index (κ2) is 4.26. The highest BCUT2D eigenvalue weighted by Gasteiger charge is 2.19. The van der Waals surface area contributed by atoms with E-state index in [9.17, 15) is 4.79 Å². The third-order valence-electron chi connectivity index (χ3n) is 2.72. The molecule has 82 valence electrons. The monoisotopic (exact) mass is 278 g/mol. The lowest BCUT2D eigenvalue weighted by Crippen LogP contribution is -2.08. The van der Waals surface area contributed by atoms with E-state index < -0.39 is 11.9 Å². The van der Waals surface area contributed by atoms with E-state index >= 15 is 0 Å². The molecule has 3 heteroatoms. The number of benzene rings is 2. The molecule has 2 aromatic carbocycles. The average molecular weight is 279 g/mol. The predicted molar refractivity (Wildman–Crippen MR) is 67.7 cm³/mol. The number of rotatable bonds is 2. The summed E-state index contributed by atoms with van der Waals surface area (Å²) >= 11 is 3.42. The van der Waals surface area contributed by atoms with Crippen molar-refractivity contribution in [2.24, 2.45) is 0 Å². The van der Waals surface area contributed by atoms with Gasteiger partial charge >= 0.3 is 5.97 Å². The van der Waals surface area contributed by atoms with Gasteiger partial charge in [-0.15, -0.1) is 0 Å². The van der Waals surface area contributed by atoms with Crippen LogP contribution in [0.3, 0.4) is 0 Å². The zero-order chi connectivity index (χ0) is 11.7. The maximum atomic E-state index is 11.1. The fraction of sp³-hybridized carbons (Fsp3) is 0.154. The van der Waals surface area contributed by atoms with Gasteiger partial charge in [0.25, 0.3) is 0 Å². The molecule has 1 N–H and O–H groups in total. The molecule has 2 nitrogen and oxygen atoms in total. The highest BCUT2D eigenvalue weighted by molar-refractivity contribution is 9.10. The maximum Gasteiger partial charge on any atom is 0.310 e. The normalized spacial score (nSPS) is 12.6. The lowest BCUT2D eigenvalue weighted by Gasteiger charge is -2.12. The number of halogens is 1. The molecule has 0 aromatic heterocycles. The summed E-state index contributed by atoms with van der Waals surface area (Å²) in [4.78, 5) is 11.1. The zero-order valence-electron chi connectivity index (χ0n) is 8.77.